The largest absolute Gasteiger partial charge is 0.309 e. The Morgan fingerprint density at radius 2 is 0.705 bits per heavy atom. The van der Waals surface area contributed by atoms with Crippen molar-refractivity contribution in [3.05, 3.63) is 255 Å². The second kappa shape index (κ2) is 15.9. The molecular weight excluding hydrogens is 985 g/mol. The van der Waals surface area contributed by atoms with Gasteiger partial charge >= 0.3 is 0 Å². The van der Waals surface area contributed by atoms with Gasteiger partial charge in [-0.1, -0.05) is 158 Å². The molecule has 0 amide bonds. The molecule has 0 saturated heterocycles. The molecule has 78 heavy (non-hydrogen) atoms. The third-order valence-corrected chi connectivity index (χ3v) is 19.1. The van der Waals surface area contributed by atoms with Crippen LogP contribution in [0.25, 0.3) is 128 Å². The number of hydrogen-bond acceptors (Lipinski definition) is 4. The molecule has 0 saturated carbocycles. The van der Waals surface area contributed by atoms with E-state index in [4.69, 9.17) is 0 Å². The van der Waals surface area contributed by atoms with Crippen LogP contribution in [0.3, 0.4) is 0 Å². The molecule has 6 heteroatoms. The first-order valence-corrected chi connectivity index (χ1v) is 28.3. The fourth-order valence-electron chi connectivity index (χ4n) is 13.5. The number of aromatic nitrogens is 2. The third-order valence-electron chi connectivity index (χ3n) is 16.7. The minimum absolute atomic E-state index is 1.13. The van der Waals surface area contributed by atoms with Gasteiger partial charge in [0.2, 0.25) is 0 Å². The van der Waals surface area contributed by atoms with Gasteiger partial charge < -0.3 is 18.6 Å². The third kappa shape index (κ3) is 5.77. The highest BCUT2D eigenvalue weighted by atomic mass is 32.1. The van der Waals surface area contributed by atoms with E-state index in [9.17, 15) is 0 Å². The van der Waals surface area contributed by atoms with Crippen LogP contribution in [0.15, 0.2) is 255 Å². The number of fused-ring (bicyclic) bond motifs is 18. The van der Waals surface area contributed by atoms with E-state index in [1.807, 2.05) is 22.7 Å². The molecule has 0 bridgehead atoms. The molecule has 0 N–H and O–H groups in total. The molecule has 12 aromatic carbocycles. The number of para-hydroxylation sites is 4. The van der Waals surface area contributed by atoms with Crippen LogP contribution in [-0.4, -0.2) is 8.80 Å². The summed E-state index contributed by atoms with van der Waals surface area (Å²) in [4.78, 5) is 4.92. The molecule has 4 nitrogen and oxygen atoms in total. The summed E-state index contributed by atoms with van der Waals surface area (Å²) in [5.41, 5.74) is 16.7. The fourth-order valence-corrected chi connectivity index (χ4v) is 15.9. The minimum atomic E-state index is 1.13. The van der Waals surface area contributed by atoms with E-state index in [0.717, 1.165) is 17.1 Å². The lowest BCUT2D eigenvalue weighted by molar-refractivity contribution is 1.30. The molecule has 18 aromatic rings. The van der Waals surface area contributed by atoms with Crippen molar-refractivity contribution in [2.75, 3.05) is 9.80 Å². The Morgan fingerprint density at radius 1 is 0.256 bits per heavy atom. The predicted molar refractivity (Wildman–Crippen MR) is 336 cm³/mol. The van der Waals surface area contributed by atoms with Gasteiger partial charge in [-0.2, -0.15) is 0 Å². The van der Waals surface area contributed by atoms with Crippen molar-refractivity contribution < 1.29 is 0 Å². The van der Waals surface area contributed by atoms with Gasteiger partial charge in [0.05, 0.1) is 59.6 Å². The van der Waals surface area contributed by atoms with Crippen LogP contribution in [0.5, 0.6) is 0 Å². The van der Waals surface area contributed by atoms with Gasteiger partial charge in [0.15, 0.2) is 0 Å². The van der Waals surface area contributed by atoms with Crippen LogP contribution in [0, 0.1) is 0 Å². The summed E-state index contributed by atoms with van der Waals surface area (Å²) < 4.78 is 10.3. The van der Waals surface area contributed by atoms with Gasteiger partial charge in [-0.05, 0) is 108 Å². The first-order chi connectivity index (χ1) is 38.7. The maximum atomic E-state index is 2.55. The molecule has 0 aliphatic heterocycles. The standard InChI is InChI=1S/C72H42N4S2/c1-3-18-45(19-4-1)73(62-33-14-28-53-48-23-7-9-35-66(48)77-71(53)62)47-22-11-17-43(39-47)44-37-38-59-56(40-44)50-25-12-26-51-57-42-65-58(41-64(57)75(59)69(50)51)52-27-13-30-55-68-60(31-16-32-61(68)76(65)70(52)55)74(46-20-5-2-6-21-46)63-34-15-29-54-49-24-8-10-36-67(49)78-72(54)63/h1-42H. The Balaban J connectivity index is 0.808. The smallest absolute Gasteiger partial charge is 0.0640 e. The zero-order valence-corrected chi connectivity index (χ0v) is 43.5. The molecule has 0 atom stereocenters. The Kier molecular flexibility index (Phi) is 8.67. The molecular formula is C72H42N4S2. The van der Waals surface area contributed by atoms with Crippen molar-refractivity contribution in [3.8, 4) is 11.1 Å². The van der Waals surface area contributed by atoms with Crippen LogP contribution in [0.4, 0.5) is 34.1 Å². The molecule has 6 aromatic heterocycles. The first kappa shape index (κ1) is 42.5. The van der Waals surface area contributed by atoms with Crippen LogP contribution >= 0.6 is 22.7 Å². The molecule has 0 spiro atoms. The van der Waals surface area contributed by atoms with Gasteiger partial charge in [0, 0.05) is 91.1 Å². The van der Waals surface area contributed by atoms with Gasteiger partial charge in [0.1, 0.15) is 0 Å². The highest BCUT2D eigenvalue weighted by molar-refractivity contribution is 7.26. The highest BCUT2D eigenvalue weighted by Crippen LogP contribution is 2.51. The lowest BCUT2D eigenvalue weighted by atomic mass is 10.0. The van der Waals surface area contributed by atoms with Gasteiger partial charge in [-0.25, -0.2) is 0 Å². The van der Waals surface area contributed by atoms with Gasteiger partial charge in [0.25, 0.3) is 0 Å². The maximum Gasteiger partial charge on any atom is 0.0640 e. The molecule has 362 valence electrons. The summed E-state index contributed by atoms with van der Waals surface area (Å²) in [6.45, 7) is 0. The van der Waals surface area contributed by atoms with E-state index in [0.29, 0.717) is 0 Å². The molecule has 0 unspecified atom stereocenters. The second-order valence-corrected chi connectivity index (χ2v) is 22.9. The van der Waals surface area contributed by atoms with E-state index in [-0.39, 0.29) is 0 Å². The highest BCUT2D eigenvalue weighted by Gasteiger charge is 2.27. The van der Waals surface area contributed by atoms with E-state index in [1.165, 1.54) is 145 Å². The number of anilines is 6. The van der Waals surface area contributed by atoms with Crippen molar-refractivity contribution in [2.45, 2.75) is 0 Å². The quantitative estimate of drug-likeness (QED) is 0.158. The lowest BCUT2D eigenvalue weighted by Gasteiger charge is -2.27. The van der Waals surface area contributed by atoms with Crippen molar-refractivity contribution in [1.29, 1.82) is 0 Å². The van der Waals surface area contributed by atoms with Crippen LogP contribution in [0.2, 0.25) is 0 Å². The summed E-state index contributed by atoms with van der Waals surface area (Å²) in [7, 11) is 0. The molecule has 0 fully saturated rings. The van der Waals surface area contributed by atoms with Gasteiger partial charge in [-0.15, -0.1) is 22.7 Å². The number of thiophene rings is 2. The molecule has 18 rings (SSSR count). The average Bonchev–Trinajstić information content (AvgIpc) is 3.91. The minimum Gasteiger partial charge on any atom is -0.309 e. The zero-order valence-electron chi connectivity index (χ0n) is 41.9. The lowest BCUT2D eigenvalue weighted by Crippen LogP contribution is -2.10. The molecule has 0 aliphatic carbocycles. The SMILES string of the molecule is c1ccc(N(c2cccc(-c3ccc4c(c3)c3cccc5c6cc7c(cc6n4c35)c3cccc4c5c(N(c6ccccc6)c6cccc8c6sc6ccccc68)cccc5n7c34)c2)c2cccc3c2sc2ccccc23)cc1. The number of hydrogen-bond donors (Lipinski definition) is 0. The Hall–Kier alpha value is -9.72. The molecule has 0 radical (unpaired) electrons. The summed E-state index contributed by atoms with van der Waals surface area (Å²) in [5, 5.41) is 15.3. The van der Waals surface area contributed by atoms with E-state index in [2.05, 4.69) is 273 Å². The van der Waals surface area contributed by atoms with Gasteiger partial charge in [-0.3, -0.25) is 0 Å². The summed E-state index contributed by atoms with van der Waals surface area (Å²) in [6, 6.07) is 94.7. The number of nitrogens with zero attached hydrogens (tertiary/aromatic N) is 4. The number of benzene rings is 12. The van der Waals surface area contributed by atoms with E-state index < -0.39 is 0 Å². The summed E-state index contributed by atoms with van der Waals surface area (Å²) in [6.07, 6.45) is 0. The van der Waals surface area contributed by atoms with Crippen LogP contribution in [0.1, 0.15) is 0 Å². The Bertz CT molecular complexity index is 5470. The Morgan fingerprint density at radius 3 is 1.36 bits per heavy atom. The fraction of sp³-hybridized carbons (Fsp3) is 0. The summed E-state index contributed by atoms with van der Waals surface area (Å²) in [5.74, 6) is 0. The van der Waals surface area contributed by atoms with E-state index in [1.54, 1.807) is 0 Å². The number of rotatable bonds is 7. The molecule has 6 heterocycles. The van der Waals surface area contributed by atoms with Crippen LogP contribution < -0.4 is 9.80 Å². The van der Waals surface area contributed by atoms with Crippen molar-refractivity contribution in [1.82, 2.24) is 8.80 Å². The van der Waals surface area contributed by atoms with Crippen molar-refractivity contribution in [2.24, 2.45) is 0 Å². The maximum absolute atomic E-state index is 2.55. The normalized spacial score (nSPS) is 12.4. The monoisotopic (exact) mass is 1030 g/mol. The Labute approximate surface area is 455 Å². The first-order valence-electron chi connectivity index (χ1n) is 26.7. The van der Waals surface area contributed by atoms with Crippen molar-refractivity contribution in [3.63, 3.8) is 0 Å². The molecule has 0 aliphatic rings. The second-order valence-electron chi connectivity index (χ2n) is 20.8. The average molecular weight is 1030 g/mol. The van der Waals surface area contributed by atoms with Crippen LogP contribution in [-0.2, 0) is 0 Å². The topological polar surface area (TPSA) is 15.3 Å². The predicted octanol–water partition coefficient (Wildman–Crippen LogP) is 21.3. The van der Waals surface area contributed by atoms with Crippen molar-refractivity contribution >= 4 is 173 Å². The van der Waals surface area contributed by atoms with E-state index >= 15 is 0 Å². The summed E-state index contributed by atoms with van der Waals surface area (Å²) >= 11 is 3.75. The zero-order chi connectivity index (χ0) is 50.7.